The number of benzene rings is 1. The first kappa shape index (κ1) is 14.1. The van der Waals surface area contributed by atoms with Crippen LogP contribution in [0.2, 0.25) is 0 Å². The van der Waals surface area contributed by atoms with E-state index in [1.807, 2.05) is 0 Å². The van der Waals surface area contributed by atoms with Crippen LogP contribution in [-0.4, -0.2) is 24.0 Å². The van der Waals surface area contributed by atoms with Gasteiger partial charge in [-0.1, -0.05) is 37.1 Å². The maximum Gasteiger partial charge on any atom is 0.0239 e. The predicted molar refractivity (Wildman–Crippen MR) is 84.6 cm³/mol. The van der Waals surface area contributed by atoms with Gasteiger partial charge >= 0.3 is 0 Å². The van der Waals surface area contributed by atoms with E-state index in [0.29, 0.717) is 0 Å². The molecule has 0 radical (unpaired) electrons. The second-order valence-electron chi connectivity index (χ2n) is 6.53. The van der Waals surface area contributed by atoms with Crippen LogP contribution < -0.4 is 5.73 Å². The highest BCUT2D eigenvalue weighted by molar-refractivity contribution is 5.27. The minimum absolute atomic E-state index is 0.753. The summed E-state index contributed by atoms with van der Waals surface area (Å²) in [5, 5.41) is 0. The molecule has 0 unspecified atom stereocenters. The van der Waals surface area contributed by atoms with E-state index in [9.17, 15) is 0 Å². The highest BCUT2D eigenvalue weighted by Crippen LogP contribution is 2.36. The van der Waals surface area contributed by atoms with Crippen molar-refractivity contribution < 1.29 is 0 Å². The highest BCUT2D eigenvalue weighted by Gasteiger charge is 2.33. The van der Waals surface area contributed by atoms with Gasteiger partial charge in [0.1, 0.15) is 0 Å². The Balaban J connectivity index is 1.73. The lowest BCUT2D eigenvalue weighted by Crippen LogP contribution is -2.46. The summed E-state index contributed by atoms with van der Waals surface area (Å²) in [7, 11) is 0. The van der Waals surface area contributed by atoms with Crippen LogP contribution in [0.3, 0.4) is 0 Å². The summed E-state index contributed by atoms with van der Waals surface area (Å²) in [5.74, 6) is 0.971. The molecule has 0 amide bonds. The van der Waals surface area contributed by atoms with Crippen LogP contribution in [0, 0.1) is 5.92 Å². The Bertz CT molecular complexity index is 427. The van der Waals surface area contributed by atoms with Crippen molar-refractivity contribution in [3.05, 3.63) is 35.4 Å². The number of rotatable bonds is 4. The van der Waals surface area contributed by atoms with Gasteiger partial charge in [0.15, 0.2) is 0 Å². The Hall–Kier alpha value is -0.860. The fourth-order valence-corrected chi connectivity index (χ4v) is 4.25. The summed E-state index contributed by atoms with van der Waals surface area (Å²) in [4.78, 5) is 2.77. The van der Waals surface area contributed by atoms with Gasteiger partial charge in [-0.15, -0.1) is 0 Å². The Labute approximate surface area is 123 Å². The predicted octanol–water partition coefficient (Wildman–Crippen LogP) is 3.34. The van der Waals surface area contributed by atoms with Crippen LogP contribution in [-0.2, 0) is 13.0 Å². The van der Waals surface area contributed by atoms with Crippen LogP contribution in [0.25, 0.3) is 0 Å². The average Bonchev–Trinajstić information content (AvgIpc) is 2.50. The monoisotopic (exact) mass is 272 g/mol. The van der Waals surface area contributed by atoms with E-state index in [1.165, 1.54) is 56.2 Å². The quantitative estimate of drug-likeness (QED) is 0.911. The normalized spacial score (nSPS) is 27.2. The second-order valence-corrected chi connectivity index (χ2v) is 6.53. The van der Waals surface area contributed by atoms with Crippen molar-refractivity contribution in [3.8, 4) is 0 Å². The lowest BCUT2D eigenvalue weighted by molar-refractivity contribution is 0.0545. The molecule has 3 rings (SSSR count). The second kappa shape index (κ2) is 6.73. The summed E-state index contributed by atoms with van der Waals surface area (Å²) < 4.78 is 0. The number of nitrogens with two attached hydrogens (primary N) is 1. The molecule has 1 aromatic carbocycles. The fourth-order valence-electron chi connectivity index (χ4n) is 4.25. The first-order valence-electron chi connectivity index (χ1n) is 8.39. The van der Waals surface area contributed by atoms with E-state index in [2.05, 4.69) is 29.2 Å². The van der Waals surface area contributed by atoms with Gasteiger partial charge in [-0.2, -0.15) is 0 Å². The fraction of sp³-hybridized carbons (Fsp3) is 0.667. The molecule has 0 aromatic heterocycles. The smallest absolute Gasteiger partial charge is 0.0239 e. The van der Waals surface area contributed by atoms with E-state index in [-0.39, 0.29) is 0 Å². The zero-order chi connectivity index (χ0) is 13.8. The van der Waals surface area contributed by atoms with Crippen LogP contribution in [0.1, 0.15) is 49.7 Å². The maximum absolute atomic E-state index is 5.76. The zero-order valence-corrected chi connectivity index (χ0v) is 12.6. The van der Waals surface area contributed by atoms with E-state index in [4.69, 9.17) is 5.73 Å². The summed E-state index contributed by atoms with van der Waals surface area (Å²) in [6.07, 6.45) is 9.64. The van der Waals surface area contributed by atoms with Gasteiger partial charge in [-0.05, 0) is 62.2 Å². The molecule has 2 fully saturated rings. The molecule has 1 saturated heterocycles. The van der Waals surface area contributed by atoms with Gasteiger partial charge in [0.25, 0.3) is 0 Å². The van der Waals surface area contributed by atoms with E-state index >= 15 is 0 Å². The number of hydrogen-bond donors (Lipinski definition) is 1. The molecule has 1 aromatic rings. The number of fused-ring (bicyclic) bond motifs is 1. The van der Waals surface area contributed by atoms with Crippen LogP contribution in [0.5, 0.6) is 0 Å². The number of piperidine rings is 1. The average molecular weight is 272 g/mol. The third-order valence-corrected chi connectivity index (χ3v) is 5.26. The molecular formula is C18H28N2. The van der Waals surface area contributed by atoms with Crippen molar-refractivity contribution in [3.63, 3.8) is 0 Å². The van der Waals surface area contributed by atoms with Gasteiger partial charge in [0.05, 0.1) is 0 Å². The highest BCUT2D eigenvalue weighted by atomic mass is 15.2. The first-order valence-corrected chi connectivity index (χ1v) is 8.39. The number of likely N-dealkylation sites (tertiary alicyclic amines) is 1. The molecule has 20 heavy (non-hydrogen) atoms. The van der Waals surface area contributed by atoms with Gasteiger partial charge in [-0.25, -0.2) is 0 Å². The Kier molecular flexibility index (Phi) is 4.74. The molecule has 2 aliphatic rings. The first-order chi connectivity index (χ1) is 9.88. The van der Waals surface area contributed by atoms with E-state index in [1.54, 1.807) is 0 Å². The Morgan fingerprint density at radius 2 is 1.75 bits per heavy atom. The SMILES string of the molecule is NCCc1ccccc1CN1CCC[C@H]2CCCC[C@H]21. The number of nitrogens with zero attached hydrogens (tertiary/aromatic N) is 1. The summed E-state index contributed by atoms with van der Waals surface area (Å²) in [6.45, 7) is 3.18. The summed E-state index contributed by atoms with van der Waals surface area (Å²) in [6, 6.07) is 9.73. The third kappa shape index (κ3) is 3.07. The van der Waals surface area contributed by atoms with Crippen LogP contribution >= 0.6 is 0 Å². The van der Waals surface area contributed by atoms with Crippen molar-refractivity contribution in [1.29, 1.82) is 0 Å². The lowest BCUT2D eigenvalue weighted by Gasteiger charge is -2.44. The van der Waals surface area contributed by atoms with Crippen molar-refractivity contribution in [2.24, 2.45) is 11.7 Å². The van der Waals surface area contributed by atoms with E-state index in [0.717, 1.165) is 31.5 Å². The van der Waals surface area contributed by atoms with Gasteiger partial charge in [0.2, 0.25) is 0 Å². The molecule has 0 spiro atoms. The molecule has 1 saturated carbocycles. The standard InChI is InChI=1S/C18H28N2/c19-12-11-15-6-1-2-8-17(15)14-20-13-5-9-16-7-3-4-10-18(16)20/h1-2,6,8,16,18H,3-5,7,9-14,19H2/t16-,18-/m1/s1. The molecule has 1 heterocycles. The van der Waals surface area contributed by atoms with Crippen LogP contribution in [0.4, 0.5) is 0 Å². The Morgan fingerprint density at radius 1 is 1.00 bits per heavy atom. The largest absolute Gasteiger partial charge is 0.330 e. The zero-order valence-electron chi connectivity index (χ0n) is 12.6. The molecule has 110 valence electrons. The molecule has 2 heteroatoms. The molecule has 1 aliphatic heterocycles. The summed E-state index contributed by atoms with van der Waals surface area (Å²) in [5.41, 5.74) is 8.71. The van der Waals surface area contributed by atoms with Crippen molar-refractivity contribution >= 4 is 0 Å². The van der Waals surface area contributed by atoms with Crippen molar-refractivity contribution in [1.82, 2.24) is 4.90 Å². The minimum Gasteiger partial charge on any atom is -0.330 e. The molecule has 2 N–H and O–H groups in total. The van der Waals surface area contributed by atoms with Gasteiger partial charge in [-0.3, -0.25) is 4.90 Å². The number of hydrogen-bond acceptors (Lipinski definition) is 2. The molecule has 1 aliphatic carbocycles. The lowest BCUT2D eigenvalue weighted by atomic mass is 9.78. The van der Waals surface area contributed by atoms with Crippen molar-refractivity contribution in [2.75, 3.05) is 13.1 Å². The van der Waals surface area contributed by atoms with Gasteiger partial charge in [0, 0.05) is 12.6 Å². The van der Waals surface area contributed by atoms with Gasteiger partial charge < -0.3 is 5.73 Å². The third-order valence-electron chi connectivity index (χ3n) is 5.26. The summed E-state index contributed by atoms with van der Waals surface area (Å²) >= 11 is 0. The maximum atomic E-state index is 5.76. The molecule has 2 atom stereocenters. The van der Waals surface area contributed by atoms with Crippen molar-refractivity contribution in [2.45, 2.75) is 57.5 Å². The minimum atomic E-state index is 0.753. The topological polar surface area (TPSA) is 29.3 Å². The van der Waals surface area contributed by atoms with E-state index < -0.39 is 0 Å². The molecule has 2 nitrogen and oxygen atoms in total. The van der Waals surface area contributed by atoms with Crippen LogP contribution in [0.15, 0.2) is 24.3 Å². The Morgan fingerprint density at radius 3 is 2.60 bits per heavy atom. The molecular weight excluding hydrogens is 244 g/mol. The molecule has 0 bridgehead atoms.